The van der Waals surface area contributed by atoms with Crippen molar-refractivity contribution in [3.05, 3.63) is 65.9 Å². The van der Waals surface area contributed by atoms with Crippen molar-refractivity contribution in [3.63, 3.8) is 0 Å². The van der Waals surface area contributed by atoms with Crippen LogP contribution in [0.3, 0.4) is 0 Å². The number of hydrogen-bond acceptors (Lipinski definition) is 6. The molecule has 3 rings (SSSR count). The molecule has 0 atom stereocenters. The Kier molecular flexibility index (Phi) is 7.73. The number of nitrogens with zero attached hydrogens (tertiary/aromatic N) is 3. The lowest BCUT2D eigenvalue weighted by Crippen LogP contribution is -2.48. The van der Waals surface area contributed by atoms with E-state index in [1.54, 1.807) is 0 Å². The predicted octanol–water partition coefficient (Wildman–Crippen LogP) is 3.15. The molecule has 1 heterocycles. The second-order valence-corrected chi connectivity index (χ2v) is 8.06. The van der Waals surface area contributed by atoms with Crippen molar-refractivity contribution in [2.24, 2.45) is 16.5 Å². The number of carbonyl (C=O) groups excluding carboxylic acids is 1. The van der Waals surface area contributed by atoms with Crippen molar-refractivity contribution in [1.82, 2.24) is 10.3 Å². The Bertz CT molecular complexity index is 1150. The number of amidine groups is 1. The molecule has 11 heteroatoms. The molecule has 0 spiro atoms. The lowest BCUT2D eigenvalue weighted by molar-refractivity contribution is -0.114. The maximum atomic E-state index is 14.0. The third-order valence-corrected chi connectivity index (χ3v) is 5.67. The minimum Gasteiger partial charge on any atom is -0.384 e. The molecular formula is C23H24F3N7O. The van der Waals surface area contributed by atoms with E-state index in [0.29, 0.717) is 25.7 Å². The number of benzene rings is 1. The molecule has 0 aliphatic heterocycles. The van der Waals surface area contributed by atoms with Crippen molar-refractivity contribution in [3.8, 4) is 6.07 Å². The van der Waals surface area contributed by atoms with Crippen LogP contribution in [0.4, 0.5) is 24.5 Å². The van der Waals surface area contributed by atoms with Gasteiger partial charge in [-0.25, -0.2) is 18.8 Å². The van der Waals surface area contributed by atoms with Crippen molar-refractivity contribution in [2.45, 2.75) is 43.7 Å². The van der Waals surface area contributed by atoms with Gasteiger partial charge in [0.15, 0.2) is 0 Å². The summed E-state index contributed by atoms with van der Waals surface area (Å²) in [6.07, 6.45) is 4.89. The summed E-state index contributed by atoms with van der Waals surface area (Å²) in [6, 6.07) is 7.87. The molecule has 2 aromatic rings. The Hall–Kier alpha value is -4.07. The van der Waals surface area contributed by atoms with E-state index >= 15 is 0 Å². The average molecular weight is 471 g/mol. The zero-order valence-corrected chi connectivity index (χ0v) is 18.2. The molecule has 8 nitrogen and oxygen atoms in total. The standard InChI is InChI=1S/C23H24F3N7O/c24-14-1-2-19(18(25)11-14)32-15-3-6-23(7-4-15,8-9-27)31-13-17(22(29)34)21(28)33-16-5-10-30-20(26)12-16/h1-2,5,10-13,15,31-32H,3-4,6-8H2,(H2,29,34)(H2,28,30,33)/b17-13+. The number of aromatic nitrogens is 1. The zero-order valence-electron chi connectivity index (χ0n) is 18.2. The fraction of sp³-hybridized carbons (Fsp3) is 0.304. The van der Waals surface area contributed by atoms with Crippen LogP contribution in [-0.4, -0.2) is 28.3 Å². The number of pyridine rings is 1. The van der Waals surface area contributed by atoms with Gasteiger partial charge in [-0.05, 0) is 43.9 Å². The molecule has 1 aliphatic rings. The first-order chi connectivity index (χ1) is 16.2. The number of amides is 1. The van der Waals surface area contributed by atoms with Crippen LogP contribution < -0.4 is 22.1 Å². The van der Waals surface area contributed by atoms with Gasteiger partial charge >= 0.3 is 0 Å². The highest BCUT2D eigenvalue weighted by atomic mass is 19.1. The van der Waals surface area contributed by atoms with Crippen LogP contribution in [-0.2, 0) is 4.79 Å². The van der Waals surface area contributed by atoms with Crippen LogP contribution in [0.1, 0.15) is 32.1 Å². The molecule has 1 saturated carbocycles. The van der Waals surface area contributed by atoms with E-state index in [0.717, 1.165) is 12.1 Å². The number of nitrogens with two attached hydrogens (primary N) is 2. The van der Waals surface area contributed by atoms with Crippen LogP contribution in [0.5, 0.6) is 0 Å². The number of halogens is 3. The summed E-state index contributed by atoms with van der Waals surface area (Å²) in [4.78, 5) is 19.4. The molecule has 34 heavy (non-hydrogen) atoms. The summed E-state index contributed by atoms with van der Waals surface area (Å²) >= 11 is 0. The van der Waals surface area contributed by atoms with Gasteiger partial charge in [-0.2, -0.15) is 9.65 Å². The topological polar surface area (TPSA) is 142 Å². The van der Waals surface area contributed by atoms with Gasteiger partial charge in [0.25, 0.3) is 5.91 Å². The Morgan fingerprint density at radius 2 is 1.97 bits per heavy atom. The number of nitrogens with one attached hydrogen (secondary N) is 2. The molecule has 1 aromatic carbocycles. The molecule has 1 aliphatic carbocycles. The summed E-state index contributed by atoms with van der Waals surface area (Å²) in [5.74, 6) is -3.16. The van der Waals surface area contributed by atoms with Crippen LogP contribution in [0.25, 0.3) is 0 Å². The van der Waals surface area contributed by atoms with Crippen molar-refractivity contribution in [2.75, 3.05) is 5.32 Å². The van der Waals surface area contributed by atoms with Gasteiger partial charge in [-0.1, -0.05) is 0 Å². The Morgan fingerprint density at radius 1 is 1.24 bits per heavy atom. The summed E-state index contributed by atoms with van der Waals surface area (Å²) in [5.41, 5.74) is 11.0. The van der Waals surface area contributed by atoms with Gasteiger partial charge in [0.1, 0.15) is 17.5 Å². The van der Waals surface area contributed by atoms with E-state index < -0.39 is 29.0 Å². The van der Waals surface area contributed by atoms with E-state index in [-0.39, 0.29) is 35.2 Å². The first-order valence-corrected chi connectivity index (χ1v) is 10.5. The van der Waals surface area contributed by atoms with Crippen molar-refractivity contribution in [1.29, 1.82) is 5.26 Å². The van der Waals surface area contributed by atoms with Gasteiger partial charge in [0.2, 0.25) is 5.95 Å². The fourth-order valence-electron chi connectivity index (χ4n) is 3.82. The number of rotatable bonds is 8. The monoisotopic (exact) mass is 471 g/mol. The maximum Gasteiger partial charge on any atom is 0.253 e. The van der Waals surface area contributed by atoms with E-state index in [1.807, 2.05) is 0 Å². The SMILES string of the molecule is N#CCC1(N/C=C(/C(N)=O)C(N)=Nc2ccnc(F)c2)CCC(Nc2ccc(F)cc2F)CC1. The largest absolute Gasteiger partial charge is 0.384 e. The lowest BCUT2D eigenvalue weighted by atomic mass is 9.77. The normalized spacial score (nSPS) is 20.9. The molecule has 0 radical (unpaired) electrons. The van der Waals surface area contributed by atoms with E-state index in [9.17, 15) is 23.2 Å². The number of primary amides is 1. The summed E-state index contributed by atoms with van der Waals surface area (Å²) in [5, 5.41) is 15.5. The average Bonchev–Trinajstić information content (AvgIpc) is 2.77. The van der Waals surface area contributed by atoms with Crippen molar-refractivity contribution < 1.29 is 18.0 Å². The van der Waals surface area contributed by atoms with Gasteiger partial charge in [-0.15, -0.1) is 0 Å². The zero-order chi connectivity index (χ0) is 24.7. The quantitative estimate of drug-likeness (QED) is 0.202. The maximum absolute atomic E-state index is 14.0. The van der Waals surface area contributed by atoms with E-state index in [4.69, 9.17) is 11.5 Å². The minimum absolute atomic E-state index is 0.0820. The number of carbonyl (C=O) groups is 1. The third kappa shape index (κ3) is 6.25. The first kappa shape index (κ1) is 24.6. The number of anilines is 1. The number of aliphatic imine (C=N–C) groups is 1. The Morgan fingerprint density at radius 3 is 2.59 bits per heavy atom. The van der Waals surface area contributed by atoms with Crippen LogP contribution in [0.2, 0.25) is 0 Å². The van der Waals surface area contributed by atoms with E-state index in [1.165, 1.54) is 30.6 Å². The van der Waals surface area contributed by atoms with Gasteiger partial charge in [-0.3, -0.25) is 4.79 Å². The number of hydrogen-bond donors (Lipinski definition) is 4. The fourth-order valence-corrected chi connectivity index (χ4v) is 3.82. The molecule has 0 unspecified atom stereocenters. The highest BCUT2D eigenvalue weighted by molar-refractivity contribution is 6.20. The van der Waals surface area contributed by atoms with Crippen LogP contribution in [0, 0.1) is 28.9 Å². The Labute approximate surface area is 194 Å². The molecule has 6 N–H and O–H groups in total. The lowest BCUT2D eigenvalue weighted by Gasteiger charge is -2.40. The molecule has 1 aromatic heterocycles. The van der Waals surface area contributed by atoms with Crippen LogP contribution in [0.15, 0.2) is 53.3 Å². The highest BCUT2D eigenvalue weighted by Gasteiger charge is 2.35. The van der Waals surface area contributed by atoms with Crippen LogP contribution >= 0.6 is 0 Å². The minimum atomic E-state index is -0.850. The molecular weight excluding hydrogens is 447 g/mol. The molecule has 0 saturated heterocycles. The summed E-state index contributed by atoms with van der Waals surface area (Å²) in [6.45, 7) is 0. The molecule has 1 amide bonds. The Balaban J connectivity index is 1.72. The molecule has 0 bridgehead atoms. The van der Waals surface area contributed by atoms with Crippen molar-refractivity contribution >= 4 is 23.1 Å². The second kappa shape index (κ2) is 10.7. The third-order valence-electron chi connectivity index (χ3n) is 5.67. The first-order valence-electron chi connectivity index (χ1n) is 10.5. The highest BCUT2D eigenvalue weighted by Crippen LogP contribution is 2.33. The van der Waals surface area contributed by atoms with E-state index in [2.05, 4.69) is 26.7 Å². The second-order valence-electron chi connectivity index (χ2n) is 8.06. The smallest absolute Gasteiger partial charge is 0.253 e. The molecule has 178 valence electrons. The van der Waals surface area contributed by atoms with Gasteiger partial charge in [0, 0.05) is 36.1 Å². The summed E-state index contributed by atoms with van der Waals surface area (Å²) in [7, 11) is 0. The van der Waals surface area contributed by atoms with Gasteiger partial charge in [0.05, 0.1) is 29.4 Å². The summed E-state index contributed by atoms with van der Waals surface area (Å²) < 4.78 is 40.4. The predicted molar refractivity (Wildman–Crippen MR) is 121 cm³/mol. The number of nitriles is 1. The van der Waals surface area contributed by atoms with Gasteiger partial charge < -0.3 is 22.1 Å². The molecule has 1 fully saturated rings.